The summed E-state index contributed by atoms with van der Waals surface area (Å²) in [6.45, 7) is -0.105. The summed E-state index contributed by atoms with van der Waals surface area (Å²) in [6.07, 6.45) is -14.3. The van der Waals surface area contributed by atoms with Gasteiger partial charge in [-0.05, 0) is 0 Å². The van der Waals surface area contributed by atoms with Gasteiger partial charge in [-0.25, -0.2) is 4.79 Å². The van der Waals surface area contributed by atoms with Gasteiger partial charge in [-0.15, -0.1) is 0 Å². The zero-order valence-corrected chi connectivity index (χ0v) is 12.1. The SMILES string of the molecule is CO[C@@H]1CO[C@@H](O)[C@@H](O[C@H]2O[C@H](C(=O)O)[C@@H](O)[C@@H](O)[C@@H]2O)[C@@H]1O. The predicted octanol–water partition coefficient (Wildman–Crippen LogP) is -4.01. The van der Waals surface area contributed by atoms with Gasteiger partial charge in [0.1, 0.15) is 36.6 Å². The normalized spacial score (nSPS) is 48.2. The number of hydrogen-bond donors (Lipinski definition) is 6. The maximum absolute atomic E-state index is 11.0. The number of aliphatic hydroxyl groups excluding tert-OH is 5. The summed E-state index contributed by atoms with van der Waals surface area (Å²) in [5.74, 6) is -1.58. The number of carboxylic acid groups (broad SMARTS) is 1. The van der Waals surface area contributed by atoms with E-state index in [0.717, 1.165) is 0 Å². The van der Waals surface area contributed by atoms with E-state index < -0.39 is 61.3 Å². The summed E-state index contributed by atoms with van der Waals surface area (Å²) < 4.78 is 20.0. The lowest BCUT2D eigenvalue weighted by Crippen LogP contribution is -2.63. The molecule has 0 bridgehead atoms. The third-order valence-electron chi connectivity index (χ3n) is 3.84. The fourth-order valence-corrected chi connectivity index (χ4v) is 2.44. The minimum absolute atomic E-state index is 0.105. The quantitative estimate of drug-likeness (QED) is 0.294. The number of methoxy groups -OCH3 is 1. The molecule has 0 amide bonds. The van der Waals surface area contributed by atoms with Gasteiger partial charge in [-0.2, -0.15) is 0 Å². The molecule has 2 rings (SSSR count). The highest BCUT2D eigenvalue weighted by atomic mass is 16.7. The highest BCUT2D eigenvalue weighted by molar-refractivity contribution is 5.73. The van der Waals surface area contributed by atoms with Crippen molar-refractivity contribution in [3.05, 3.63) is 0 Å². The molecule has 2 aliphatic rings. The number of ether oxygens (including phenoxy) is 4. The molecule has 0 aromatic carbocycles. The zero-order chi connectivity index (χ0) is 17.3. The molecular weight excluding hydrogens is 320 g/mol. The fourth-order valence-electron chi connectivity index (χ4n) is 2.44. The van der Waals surface area contributed by atoms with Gasteiger partial charge in [-0.3, -0.25) is 0 Å². The molecule has 0 saturated carbocycles. The lowest BCUT2D eigenvalue weighted by molar-refractivity contribution is -0.348. The fraction of sp³-hybridized carbons (Fsp3) is 0.917. The molecular formula is C12H20O11. The van der Waals surface area contributed by atoms with E-state index in [1.165, 1.54) is 7.11 Å². The second-order valence-electron chi connectivity index (χ2n) is 5.32. The van der Waals surface area contributed by atoms with Crippen LogP contribution in [0.25, 0.3) is 0 Å². The van der Waals surface area contributed by atoms with Gasteiger partial charge in [0, 0.05) is 7.11 Å². The third-order valence-corrected chi connectivity index (χ3v) is 3.84. The van der Waals surface area contributed by atoms with Gasteiger partial charge in [0.05, 0.1) is 6.61 Å². The van der Waals surface area contributed by atoms with Crippen LogP contribution in [0, 0.1) is 0 Å². The topological polar surface area (TPSA) is 175 Å². The van der Waals surface area contributed by atoms with Crippen LogP contribution in [-0.2, 0) is 23.7 Å². The Balaban J connectivity index is 2.11. The Labute approximate surface area is 130 Å². The van der Waals surface area contributed by atoms with Gasteiger partial charge >= 0.3 is 5.97 Å². The summed E-state index contributed by atoms with van der Waals surface area (Å²) in [5, 5.41) is 57.8. The molecule has 0 aromatic heterocycles. The Hall–Kier alpha value is -0.890. The number of aliphatic hydroxyl groups is 5. The second kappa shape index (κ2) is 7.34. The van der Waals surface area contributed by atoms with Gasteiger partial charge < -0.3 is 49.6 Å². The van der Waals surface area contributed by atoms with E-state index in [0.29, 0.717) is 0 Å². The molecule has 11 heteroatoms. The average Bonchev–Trinajstić information content (AvgIpc) is 2.51. The molecule has 2 heterocycles. The van der Waals surface area contributed by atoms with Crippen LogP contribution in [0.1, 0.15) is 0 Å². The van der Waals surface area contributed by atoms with Crippen molar-refractivity contribution in [3.8, 4) is 0 Å². The summed E-state index contributed by atoms with van der Waals surface area (Å²) in [5.41, 5.74) is 0. The van der Waals surface area contributed by atoms with Crippen LogP contribution in [0.5, 0.6) is 0 Å². The first-order chi connectivity index (χ1) is 10.8. The van der Waals surface area contributed by atoms with Gasteiger partial charge in [-0.1, -0.05) is 0 Å². The summed E-state index contributed by atoms with van der Waals surface area (Å²) in [6, 6.07) is 0. The van der Waals surface area contributed by atoms with E-state index in [1.807, 2.05) is 0 Å². The van der Waals surface area contributed by atoms with Crippen LogP contribution in [0.4, 0.5) is 0 Å². The van der Waals surface area contributed by atoms with E-state index in [-0.39, 0.29) is 6.61 Å². The van der Waals surface area contributed by atoms with Crippen molar-refractivity contribution in [1.82, 2.24) is 0 Å². The van der Waals surface area contributed by atoms with Crippen LogP contribution >= 0.6 is 0 Å². The first-order valence-electron chi connectivity index (χ1n) is 6.86. The molecule has 0 unspecified atom stereocenters. The van der Waals surface area contributed by atoms with Crippen molar-refractivity contribution in [2.45, 2.75) is 55.3 Å². The van der Waals surface area contributed by atoms with E-state index in [1.54, 1.807) is 0 Å². The largest absolute Gasteiger partial charge is 0.479 e. The molecule has 0 aliphatic carbocycles. The van der Waals surface area contributed by atoms with Gasteiger partial charge in [0.15, 0.2) is 18.7 Å². The molecule has 11 nitrogen and oxygen atoms in total. The lowest BCUT2D eigenvalue weighted by atomic mass is 9.98. The van der Waals surface area contributed by atoms with Gasteiger partial charge in [0.25, 0.3) is 0 Å². The molecule has 2 saturated heterocycles. The van der Waals surface area contributed by atoms with E-state index in [4.69, 9.17) is 24.1 Å². The highest BCUT2D eigenvalue weighted by Gasteiger charge is 2.50. The Morgan fingerprint density at radius 1 is 1.04 bits per heavy atom. The summed E-state index contributed by atoms with van der Waals surface area (Å²) in [4.78, 5) is 11.0. The number of carboxylic acids is 1. The van der Waals surface area contributed by atoms with E-state index in [2.05, 4.69) is 0 Å². The number of carbonyl (C=O) groups is 1. The number of aliphatic carboxylic acids is 1. The Bertz CT molecular complexity index is 418. The Kier molecular flexibility index (Phi) is 5.89. The second-order valence-corrected chi connectivity index (χ2v) is 5.32. The van der Waals surface area contributed by atoms with Crippen molar-refractivity contribution < 1.29 is 54.4 Å². The molecule has 6 N–H and O–H groups in total. The van der Waals surface area contributed by atoms with Crippen LogP contribution in [0.3, 0.4) is 0 Å². The molecule has 0 spiro atoms. The Morgan fingerprint density at radius 3 is 2.26 bits per heavy atom. The Morgan fingerprint density at radius 2 is 1.70 bits per heavy atom. The number of rotatable bonds is 4. The van der Waals surface area contributed by atoms with E-state index in [9.17, 15) is 30.3 Å². The average molecular weight is 340 g/mol. The molecule has 0 radical (unpaired) electrons. The molecule has 0 aromatic rings. The van der Waals surface area contributed by atoms with Gasteiger partial charge in [0.2, 0.25) is 0 Å². The lowest BCUT2D eigenvalue weighted by Gasteiger charge is -2.43. The van der Waals surface area contributed by atoms with Crippen LogP contribution in [0.2, 0.25) is 0 Å². The smallest absolute Gasteiger partial charge is 0.335 e. The molecule has 9 atom stereocenters. The van der Waals surface area contributed by atoms with Crippen LogP contribution < -0.4 is 0 Å². The van der Waals surface area contributed by atoms with Crippen molar-refractivity contribution in [2.75, 3.05) is 13.7 Å². The molecule has 23 heavy (non-hydrogen) atoms. The number of hydrogen-bond acceptors (Lipinski definition) is 10. The third kappa shape index (κ3) is 3.63. The van der Waals surface area contributed by atoms with E-state index >= 15 is 0 Å². The first-order valence-corrected chi connectivity index (χ1v) is 6.86. The molecule has 134 valence electrons. The monoisotopic (exact) mass is 340 g/mol. The van der Waals surface area contributed by atoms with Crippen LogP contribution in [-0.4, -0.2) is 106 Å². The van der Waals surface area contributed by atoms with Crippen molar-refractivity contribution >= 4 is 5.97 Å². The molecule has 2 fully saturated rings. The predicted molar refractivity (Wildman–Crippen MR) is 68.0 cm³/mol. The minimum Gasteiger partial charge on any atom is -0.479 e. The standard InChI is InChI=1S/C12H20O11/c1-20-3-2-21-11(19)9(4(3)13)23-12-7(16)5(14)6(15)8(22-12)10(17)18/h3-9,11-16,19H,2H2,1H3,(H,17,18)/t3-,4-,5-,6+,7+,8+,9+,11-,12-/m1/s1. The highest BCUT2D eigenvalue weighted by Crippen LogP contribution is 2.27. The maximum Gasteiger partial charge on any atom is 0.335 e. The maximum atomic E-state index is 11.0. The molecule has 2 aliphatic heterocycles. The van der Waals surface area contributed by atoms with Crippen LogP contribution in [0.15, 0.2) is 0 Å². The summed E-state index contributed by atoms with van der Waals surface area (Å²) >= 11 is 0. The van der Waals surface area contributed by atoms with Crippen molar-refractivity contribution in [2.24, 2.45) is 0 Å². The first kappa shape index (κ1) is 18.4. The minimum atomic E-state index is -1.87. The summed E-state index contributed by atoms with van der Waals surface area (Å²) in [7, 11) is 1.30. The van der Waals surface area contributed by atoms with Crippen molar-refractivity contribution in [3.63, 3.8) is 0 Å². The zero-order valence-electron chi connectivity index (χ0n) is 12.1. The van der Waals surface area contributed by atoms with Crippen molar-refractivity contribution in [1.29, 1.82) is 0 Å².